The fraction of sp³-hybridized carbons (Fsp3) is 0.167. The van der Waals surface area contributed by atoms with E-state index in [-0.39, 0.29) is 0 Å². The Hall–Kier alpha value is -1.22. The molecule has 2 nitrogen and oxygen atoms in total. The van der Waals surface area contributed by atoms with Crippen LogP contribution >= 0.6 is 15.9 Å². The minimum Gasteiger partial charge on any atom is -0.385 e. The molecule has 2 N–H and O–H groups in total. The number of nitrogen functional groups attached to an aromatic ring is 1. The van der Waals surface area contributed by atoms with E-state index in [1.807, 2.05) is 22.8 Å². The van der Waals surface area contributed by atoms with Gasteiger partial charge in [-0.1, -0.05) is 28.1 Å². The van der Waals surface area contributed by atoms with Gasteiger partial charge in [0.15, 0.2) is 0 Å². The van der Waals surface area contributed by atoms with Crippen molar-refractivity contribution in [2.75, 3.05) is 5.73 Å². The highest BCUT2D eigenvalue weighted by Crippen LogP contribution is 2.25. The smallest absolute Gasteiger partial charge is 0.103 e. The van der Waals surface area contributed by atoms with E-state index >= 15 is 0 Å². The lowest BCUT2D eigenvalue weighted by atomic mass is 10.1. The largest absolute Gasteiger partial charge is 0.385 e. The van der Waals surface area contributed by atoms with Crippen LogP contribution in [0.3, 0.4) is 0 Å². The fourth-order valence-electron chi connectivity index (χ4n) is 1.62. The van der Waals surface area contributed by atoms with Crippen molar-refractivity contribution in [1.29, 1.82) is 0 Å². The van der Waals surface area contributed by atoms with E-state index in [0.717, 1.165) is 22.4 Å². The van der Waals surface area contributed by atoms with Crippen LogP contribution in [-0.4, -0.2) is 4.57 Å². The molecule has 0 aliphatic heterocycles. The molecule has 0 amide bonds. The minimum absolute atomic E-state index is 0.812. The molecule has 1 aromatic carbocycles. The van der Waals surface area contributed by atoms with Crippen LogP contribution in [0.2, 0.25) is 0 Å². The van der Waals surface area contributed by atoms with Crippen LogP contribution in [0.4, 0.5) is 5.82 Å². The van der Waals surface area contributed by atoms with Gasteiger partial charge in [-0.25, -0.2) is 0 Å². The second-order valence-corrected chi connectivity index (χ2v) is 4.37. The van der Waals surface area contributed by atoms with E-state index in [1.165, 1.54) is 5.56 Å². The van der Waals surface area contributed by atoms with Crippen LogP contribution in [-0.2, 0) is 6.54 Å². The van der Waals surface area contributed by atoms with Crippen LogP contribution in [0.5, 0.6) is 0 Å². The molecular formula is C12H13BrN2. The fourth-order valence-corrected chi connectivity index (χ4v) is 2.02. The van der Waals surface area contributed by atoms with E-state index in [4.69, 9.17) is 5.73 Å². The highest BCUT2D eigenvalue weighted by Gasteiger charge is 2.03. The molecule has 2 rings (SSSR count). The third-order valence-electron chi connectivity index (χ3n) is 2.43. The van der Waals surface area contributed by atoms with Crippen molar-refractivity contribution in [3.8, 4) is 11.1 Å². The predicted octanol–water partition coefficient (Wildman–Crippen LogP) is 3.52. The summed E-state index contributed by atoms with van der Waals surface area (Å²) in [4.78, 5) is 0. The second-order valence-electron chi connectivity index (χ2n) is 3.45. The Bertz CT molecular complexity index is 474. The molecule has 78 valence electrons. The maximum atomic E-state index is 5.88. The lowest BCUT2D eigenvalue weighted by molar-refractivity contribution is 0.780. The molecule has 0 unspecified atom stereocenters. The molecule has 0 aliphatic rings. The highest BCUT2D eigenvalue weighted by molar-refractivity contribution is 9.10. The molecule has 2 aromatic rings. The summed E-state index contributed by atoms with van der Waals surface area (Å²) < 4.78 is 3.12. The first-order valence-corrected chi connectivity index (χ1v) is 5.71. The molecule has 1 heterocycles. The van der Waals surface area contributed by atoms with Crippen LogP contribution in [0.25, 0.3) is 11.1 Å². The van der Waals surface area contributed by atoms with Crippen molar-refractivity contribution in [2.45, 2.75) is 13.5 Å². The normalized spacial score (nSPS) is 10.5. The molecule has 0 atom stereocenters. The molecule has 0 saturated heterocycles. The lowest BCUT2D eigenvalue weighted by Gasteiger charge is -1.99. The van der Waals surface area contributed by atoms with E-state index in [9.17, 15) is 0 Å². The zero-order valence-corrected chi connectivity index (χ0v) is 10.2. The molecule has 3 heteroatoms. The summed E-state index contributed by atoms with van der Waals surface area (Å²) in [5.41, 5.74) is 8.22. The average molecular weight is 265 g/mol. The van der Waals surface area contributed by atoms with Gasteiger partial charge >= 0.3 is 0 Å². The first kappa shape index (κ1) is 10.3. The molecule has 0 fully saturated rings. The van der Waals surface area contributed by atoms with Gasteiger partial charge in [0.1, 0.15) is 5.82 Å². The molecule has 1 aromatic heterocycles. The zero-order valence-electron chi connectivity index (χ0n) is 8.57. The summed E-state index contributed by atoms with van der Waals surface area (Å²) in [6.07, 6.45) is 2.08. The van der Waals surface area contributed by atoms with E-state index in [2.05, 4.69) is 41.2 Å². The predicted molar refractivity (Wildman–Crippen MR) is 67.7 cm³/mol. The Morgan fingerprint density at radius 3 is 2.67 bits per heavy atom. The highest BCUT2D eigenvalue weighted by atomic mass is 79.9. The number of rotatable bonds is 2. The molecule has 0 spiro atoms. The quantitative estimate of drug-likeness (QED) is 0.884. The molecular weight excluding hydrogens is 252 g/mol. The van der Waals surface area contributed by atoms with Gasteiger partial charge in [-0.05, 0) is 30.7 Å². The standard InChI is InChI=1S/C12H13BrN2/c1-2-15-8-10(7-12(15)14)9-4-3-5-11(13)6-9/h3-8H,2,14H2,1H3. The van der Waals surface area contributed by atoms with Crippen molar-refractivity contribution < 1.29 is 0 Å². The average Bonchev–Trinajstić information content (AvgIpc) is 2.60. The number of nitrogens with zero attached hydrogens (tertiary/aromatic N) is 1. The van der Waals surface area contributed by atoms with Crippen molar-refractivity contribution in [2.24, 2.45) is 0 Å². The first-order chi connectivity index (χ1) is 7.20. The molecule has 0 bridgehead atoms. The Kier molecular flexibility index (Phi) is 2.82. The van der Waals surface area contributed by atoms with Crippen molar-refractivity contribution >= 4 is 21.7 Å². The number of hydrogen-bond donors (Lipinski definition) is 1. The monoisotopic (exact) mass is 264 g/mol. The van der Waals surface area contributed by atoms with Crippen LogP contribution in [0, 0.1) is 0 Å². The van der Waals surface area contributed by atoms with Crippen LogP contribution in [0.1, 0.15) is 6.92 Å². The lowest BCUT2D eigenvalue weighted by Crippen LogP contribution is -1.97. The topological polar surface area (TPSA) is 30.9 Å². The SMILES string of the molecule is CCn1cc(-c2cccc(Br)c2)cc1N. The third kappa shape index (κ3) is 2.07. The van der Waals surface area contributed by atoms with Gasteiger partial charge in [0.25, 0.3) is 0 Å². The maximum absolute atomic E-state index is 5.88. The van der Waals surface area contributed by atoms with Crippen LogP contribution < -0.4 is 5.73 Å². The minimum atomic E-state index is 0.812. The molecule has 0 aliphatic carbocycles. The summed E-state index contributed by atoms with van der Waals surface area (Å²) in [6, 6.07) is 10.2. The van der Waals surface area contributed by atoms with Gasteiger partial charge in [0.2, 0.25) is 0 Å². The van der Waals surface area contributed by atoms with Crippen molar-refractivity contribution in [3.63, 3.8) is 0 Å². The summed E-state index contributed by atoms with van der Waals surface area (Å²) in [6.45, 7) is 2.99. The summed E-state index contributed by atoms with van der Waals surface area (Å²) >= 11 is 3.46. The number of hydrogen-bond acceptors (Lipinski definition) is 1. The van der Waals surface area contributed by atoms with Crippen molar-refractivity contribution in [3.05, 3.63) is 41.0 Å². The van der Waals surface area contributed by atoms with Gasteiger partial charge < -0.3 is 10.3 Å². The van der Waals surface area contributed by atoms with Crippen molar-refractivity contribution in [1.82, 2.24) is 4.57 Å². The number of halogens is 1. The van der Waals surface area contributed by atoms with Gasteiger partial charge in [0, 0.05) is 22.8 Å². The third-order valence-corrected chi connectivity index (χ3v) is 2.92. The summed E-state index contributed by atoms with van der Waals surface area (Å²) in [7, 11) is 0. The van der Waals surface area contributed by atoms with Gasteiger partial charge in [-0.2, -0.15) is 0 Å². The Morgan fingerprint density at radius 2 is 2.07 bits per heavy atom. The second kappa shape index (κ2) is 4.11. The van der Waals surface area contributed by atoms with E-state index < -0.39 is 0 Å². The number of anilines is 1. The zero-order chi connectivity index (χ0) is 10.8. The van der Waals surface area contributed by atoms with Gasteiger partial charge in [-0.15, -0.1) is 0 Å². The molecule has 0 radical (unpaired) electrons. The summed E-state index contributed by atoms with van der Waals surface area (Å²) in [5, 5.41) is 0. The Labute approximate surface area is 97.8 Å². The van der Waals surface area contributed by atoms with Crippen LogP contribution in [0.15, 0.2) is 41.0 Å². The van der Waals surface area contributed by atoms with Gasteiger partial charge in [-0.3, -0.25) is 0 Å². The molecule has 0 saturated carbocycles. The maximum Gasteiger partial charge on any atom is 0.103 e. The number of nitrogens with two attached hydrogens (primary N) is 1. The first-order valence-electron chi connectivity index (χ1n) is 4.92. The number of benzene rings is 1. The van der Waals surface area contributed by atoms with E-state index in [0.29, 0.717) is 0 Å². The summed E-state index contributed by atoms with van der Waals surface area (Å²) in [5.74, 6) is 0.812. The van der Waals surface area contributed by atoms with E-state index in [1.54, 1.807) is 0 Å². The Balaban J connectivity index is 2.45. The molecule has 15 heavy (non-hydrogen) atoms. The van der Waals surface area contributed by atoms with Gasteiger partial charge in [0.05, 0.1) is 0 Å². The Morgan fingerprint density at radius 1 is 1.27 bits per heavy atom. The number of aromatic nitrogens is 1. The number of aryl methyl sites for hydroxylation is 1.